The van der Waals surface area contributed by atoms with E-state index in [2.05, 4.69) is 20.3 Å². The summed E-state index contributed by atoms with van der Waals surface area (Å²) in [5.41, 5.74) is 1.14. The molecule has 19 heavy (non-hydrogen) atoms. The highest BCUT2D eigenvalue weighted by atomic mass is 16.3. The number of likely N-dealkylation sites (N-methyl/N-ethyl adjacent to an activating group) is 1. The third kappa shape index (κ3) is 3.89. The van der Waals surface area contributed by atoms with Gasteiger partial charge in [0.05, 0.1) is 6.61 Å². The Kier molecular flexibility index (Phi) is 4.63. The molecule has 2 aromatic heterocycles. The van der Waals surface area contributed by atoms with Crippen molar-refractivity contribution in [2.75, 3.05) is 30.4 Å². The molecule has 0 aliphatic carbocycles. The Morgan fingerprint density at radius 3 is 2.79 bits per heavy atom. The molecule has 0 bridgehead atoms. The minimum Gasteiger partial charge on any atom is -0.395 e. The summed E-state index contributed by atoms with van der Waals surface area (Å²) in [5.74, 6) is 1.54. The number of aliphatic hydroxyl groups excluding tert-OH is 1. The summed E-state index contributed by atoms with van der Waals surface area (Å²) in [5, 5.41) is 12.1. The molecule has 0 fully saturated rings. The summed E-state index contributed by atoms with van der Waals surface area (Å²) in [7, 11) is 1.88. The van der Waals surface area contributed by atoms with E-state index in [1.165, 1.54) is 6.33 Å². The van der Waals surface area contributed by atoms with Crippen molar-refractivity contribution in [1.29, 1.82) is 0 Å². The van der Waals surface area contributed by atoms with Gasteiger partial charge in [-0.25, -0.2) is 9.97 Å². The maximum absolute atomic E-state index is 8.91. The number of hydrogen-bond acceptors (Lipinski definition) is 6. The van der Waals surface area contributed by atoms with Crippen LogP contribution in [0.5, 0.6) is 0 Å². The Hall–Kier alpha value is -2.21. The van der Waals surface area contributed by atoms with Crippen LogP contribution in [0.15, 0.2) is 36.9 Å². The number of hydrogen-bond donors (Lipinski definition) is 2. The normalized spacial score (nSPS) is 10.2. The summed E-state index contributed by atoms with van der Waals surface area (Å²) >= 11 is 0. The van der Waals surface area contributed by atoms with Crippen LogP contribution in [-0.2, 0) is 6.54 Å². The van der Waals surface area contributed by atoms with E-state index < -0.39 is 0 Å². The van der Waals surface area contributed by atoms with Gasteiger partial charge >= 0.3 is 0 Å². The molecule has 0 aliphatic heterocycles. The molecule has 2 rings (SSSR count). The molecule has 0 spiro atoms. The molecule has 6 heteroatoms. The fourth-order valence-electron chi connectivity index (χ4n) is 1.61. The third-order valence-corrected chi connectivity index (χ3v) is 2.70. The summed E-state index contributed by atoms with van der Waals surface area (Å²) < 4.78 is 0. The number of nitrogens with one attached hydrogen (secondary N) is 1. The molecule has 0 atom stereocenters. The van der Waals surface area contributed by atoms with Crippen LogP contribution in [0.1, 0.15) is 5.56 Å². The standard InChI is InChI=1S/C13H17N5O/c1-18(6-7-19)13-8-12(16-10-17-13)15-9-11-2-4-14-5-3-11/h2-5,8,10,19H,6-7,9H2,1H3,(H,15,16,17). The van der Waals surface area contributed by atoms with Gasteiger partial charge in [-0.3, -0.25) is 4.98 Å². The van der Waals surface area contributed by atoms with Gasteiger partial charge in [-0.05, 0) is 17.7 Å². The van der Waals surface area contributed by atoms with Crippen molar-refractivity contribution < 1.29 is 5.11 Å². The zero-order valence-corrected chi connectivity index (χ0v) is 10.8. The van der Waals surface area contributed by atoms with E-state index in [0.29, 0.717) is 13.1 Å². The molecule has 0 saturated carbocycles. The zero-order chi connectivity index (χ0) is 13.5. The lowest BCUT2D eigenvalue weighted by molar-refractivity contribution is 0.304. The van der Waals surface area contributed by atoms with Crippen molar-refractivity contribution in [2.24, 2.45) is 0 Å². The van der Waals surface area contributed by atoms with Crippen LogP contribution in [0.25, 0.3) is 0 Å². The Balaban J connectivity index is 1.99. The monoisotopic (exact) mass is 259 g/mol. The number of aromatic nitrogens is 3. The van der Waals surface area contributed by atoms with Crippen LogP contribution in [0.4, 0.5) is 11.6 Å². The largest absolute Gasteiger partial charge is 0.395 e. The molecule has 0 amide bonds. The van der Waals surface area contributed by atoms with Crippen molar-refractivity contribution in [2.45, 2.75) is 6.54 Å². The summed E-state index contributed by atoms with van der Waals surface area (Å²) in [6.07, 6.45) is 5.03. The highest BCUT2D eigenvalue weighted by Crippen LogP contribution is 2.13. The molecule has 2 heterocycles. The van der Waals surface area contributed by atoms with E-state index in [4.69, 9.17) is 5.11 Å². The molecular weight excluding hydrogens is 242 g/mol. The van der Waals surface area contributed by atoms with Crippen molar-refractivity contribution in [1.82, 2.24) is 15.0 Å². The first kappa shape index (κ1) is 13.2. The summed E-state index contributed by atoms with van der Waals surface area (Å²) in [4.78, 5) is 14.2. The molecule has 6 nitrogen and oxygen atoms in total. The van der Waals surface area contributed by atoms with Gasteiger partial charge in [0.25, 0.3) is 0 Å². The first-order chi connectivity index (χ1) is 9.29. The summed E-state index contributed by atoms with van der Waals surface area (Å²) in [6.45, 7) is 1.32. The van der Waals surface area contributed by atoms with Crippen molar-refractivity contribution >= 4 is 11.6 Å². The Morgan fingerprint density at radius 2 is 2.05 bits per heavy atom. The number of rotatable bonds is 6. The van der Waals surface area contributed by atoms with E-state index in [1.54, 1.807) is 12.4 Å². The quantitative estimate of drug-likeness (QED) is 0.803. The first-order valence-corrected chi connectivity index (χ1v) is 6.06. The van der Waals surface area contributed by atoms with E-state index in [9.17, 15) is 0 Å². The predicted molar refractivity (Wildman–Crippen MR) is 74.0 cm³/mol. The van der Waals surface area contributed by atoms with Gasteiger partial charge in [0, 0.05) is 38.6 Å². The lowest BCUT2D eigenvalue weighted by atomic mass is 10.3. The van der Waals surface area contributed by atoms with Crippen LogP contribution < -0.4 is 10.2 Å². The highest BCUT2D eigenvalue weighted by molar-refractivity contribution is 5.48. The average Bonchev–Trinajstić information content (AvgIpc) is 2.47. The molecule has 2 N–H and O–H groups in total. The lowest BCUT2D eigenvalue weighted by Crippen LogP contribution is -2.22. The molecule has 2 aromatic rings. The highest BCUT2D eigenvalue weighted by Gasteiger charge is 2.03. The molecule has 0 unspecified atom stereocenters. The second-order valence-electron chi connectivity index (χ2n) is 4.12. The van der Waals surface area contributed by atoms with Crippen LogP contribution >= 0.6 is 0 Å². The van der Waals surface area contributed by atoms with Gasteiger partial charge in [-0.2, -0.15) is 0 Å². The number of aliphatic hydroxyl groups is 1. The van der Waals surface area contributed by atoms with Gasteiger partial charge in [-0.15, -0.1) is 0 Å². The van der Waals surface area contributed by atoms with Gasteiger partial charge in [-0.1, -0.05) is 0 Å². The van der Waals surface area contributed by atoms with E-state index >= 15 is 0 Å². The van der Waals surface area contributed by atoms with Gasteiger partial charge in [0.1, 0.15) is 18.0 Å². The minimum absolute atomic E-state index is 0.0975. The number of pyridine rings is 1. The van der Waals surface area contributed by atoms with E-state index in [-0.39, 0.29) is 6.61 Å². The number of nitrogens with zero attached hydrogens (tertiary/aromatic N) is 4. The maximum Gasteiger partial charge on any atom is 0.133 e. The molecule has 0 aromatic carbocycles. The second-order valence-corrected chi connectivity index (χ2v) is 4.12. The number of anilines is 2. The topological polar surface area (TPSA) is 74.2 Å². The maximum atomic E-state index is 8.91. The molecule has 0 aliphatic rings. The Labute approximate surface area is 112 Å². The lowest BCUT2D eigenvalue weighted by Gasteiger charge is -2.17. The van der Waals surface area contributed by atoms with Crippen LogP contribution in [0, 0.1) is 0 Å². The average molecular weight is 259 g/mol. The molecule has 0 saturated heterocycles. The fraction of sp³-hybridized carbons (Fsp3) is 0.308. The predicted octanol–water partition coefficient (Wildman–Crippen LogP) is 0.912. The van der Waals surface area contributed by atoms with Crippen LogP contribution in [-0.4, -0.2) is 40.3 Å². The SMILES string of the molecule is CN(CCO)c1cc(NCc2ccncc2)ncn1. The van der Waals surface area contributed by atoms with Crippen molar-refractivity contribution in [3.63, 3.8) is 0 Å². The molecule has 100 valence electrons. The zero-order valence-electron chi connectivity index (χ0n) is 10.8. The Bertz CT molecular complexity index is 505. The van der Waals surface area contributed by atoms with E-state index in [0.717, 1.165) is 17.2 Å². The summed E-state index contributed by atoms with van der Waals surface area (Å²) in [6, 6.07) is 5.76. The smallest absolute Gasteiger partial charge is 0.133 e. The van der Waals surface area contributed by atoms with Gasteiger partial charge in [0.2, 0.25) is 0 Å². The Morgan fingerprint density at radius 1 is 1.26 bits per heavy atom. The first-order valence-electron chi connectivity index (χ1n) is 6.06. The van der Waals surface area contributed by atoms with Gasteiger partial charge in [0.15, 0.2) is 0 Å². The molecular formula is C13H17N5O. The minimum atomic E-state index is 0.0975. The third-order valence-electron chi connectivity index (χ3n) is 2.70. The fourth-order valence-corrected chi connectivity index (χ4v) is 1.61. The molecule has 0 radical (unpaired) electrons. The van der Waals surface area contributed by atoms with Crippen molar-refractivity contribution in [3.8, 4) is 0 Å². The van der Waals surface area contributed by atoms with Crippen LogP contribution in [0.2, 0.25) is 0 Å². The van der Waals surface area contributed by atoms with Crippen LogP contribution in [0.3, 0.4) is 0 Å². The van der Waals surface area contributed by atoms with Gasteiger partial charge < -0.3 is 15.3 Å². The van der Waals surface area contributed by atoms with E-state index in [1.807, 2.05) is 30.1 Å². The van der Waals surface area contributed by atoms with Crippen molar-refractivity contribution in [3.05, 3.63) is 42.5 Å². The second kappa shape index (κ2) is 6.65.